The molecule has 3 rings (SSSR count). The molecule has 1 N–H and O–H groups in total. The number of nitrogens with one attached hydrogen (secondary N) is 1. The fourth-order valence-electron chi connectivity index (χ4n) is 4.41. The Hall–Kier alpha value is -1.80. The molecule has 122 valence electrons. The van der Waals surface area contributed by atoms with E-state index in [4.69, 9.17) is 5.32 Å². The maximum Gasteiger partial charge on any atom is 0.0456 e. The third-order valence-corrected chi connectivity index (χ3v) is 5.80. The van der Waals surface area contributed by atoms with Crippen LogP contribution in [0.15, 0.2) is 55.3 Å². The van der Waals surface area contributed by atoms with Gasteiger partial charge in [0.05, 0.1) is 0 Å². The highest BCUT2D eigenvalue weighted by Gasteiger charge is 2.41. The summed E-state index contributed by atoms with van der Waals surface area (Å²) in [5.41, 5.74) is 3.88. The van der Waals surface area contributed by atoms with Gasteiger partial charge in [-0.25, -0.2) is 0 Å². The van der Waals surface area contributed by atoms with Crippen LogP contribution < -0.4 is 0 Å². The van der Waals surface area contributed by atoms with Crippen LogP contribution in [0.5, 0.6) is 0 Å². The van der Waals surface area contributed by atoms with Gasteiger partial charge in [0.2, 0.25) is 0 Å². The van der Waals surface area contributed by atoms with Crippen LogP contribution in [0.2, 0.25) is 0 Å². The van der Waals surface area contributed by atoms with Gasteiger partial charge in [-0.2, -0.15) is 7.05 Å². The van der Waals surface area contributed by atoms with Crippen molar-refractivity contribution in [3.63, 3.8) is 0 Å². The highest BCUT2D eigenvalue weighted by Crippen LogP contribution is 2.53. The normalized spacial score (nSPS) is 31.2. The van der Waals surface area contributed by atoms with Crippen molar-refractivity contribution in [1.82, 2.24) is 4.98 Å². The minimum Gasteiger partial charge on any atom is -0.661 e. The van der Waals surface area contributed by atoms with E-state index < -0.39 is 0 Å². The molecule has 0 aliphatic heterocycles. The lowest BCUT2D eigenvalue weighted by atomic mass is 9.59. The molecular formula is C21H27N2-. The van der Waals surface area contributed by atoms with Gasteiger partial charge in [0.1, 0.15) is 0 Å². The second kappa shape index (κ2) is 6.01. The van der Waals surface area contributed by atoms with Crippen molar-refractivity contribution in [1.29, 1.82) is 0 Å². The number of hydrogen-bond donors (Lipinski definition) is 1. The van der Waals surface area contributed by atoms with Crippen LogP contribution in [0.1, 0.15) is 38.2 Å². The zero-order chi connectivity index (χ0) is 16.6. The molecule has 1 heterocycles. The van der Waals surface area contributed by atoms with Gasteiger partial charge in [0.25, 0.3) is 0 Å². The zero-order valence-electron chi connectivity index (χ0n) is 14.5. The molecular weight excluding hydrogens is 280 g/mol. The van der Waals surface area contributed by atoms with Crippen LogP contribution in [-0.4, -0.2) is 18.1 Å². The van der Waals surface area contributed by atoms with Crippen molar-refractivity contribution in [2.75, 3.05) is 7.05 Å². The third kappa shape index (κ3) is 2.55. The van der Waals surface area contributed by atoms with Gasteiger partial charge in [0, 0.05) is 17.1 Å². The summed E-state index contributed by atoms with van der Waals surface area (Å²) < 4.78 is 0. The molecule has 1 aliphatic rings. The third-order valence-electron chi connectivity index (χ3n) is 5.80. The molecule has 0 radical (unpaired) electrons. The molecule has 2 nitrogen and oxygen atoms in total. The lowest BCUT2D eigenvalue weighted by Gasteiger charge is -2.55. The monoisotopic (exact) mass is 307 g/mol. The summed E-state index contributed by atoms with van der Waals surface area (Å²) in [4.78, 5) is 3.44. The molecule has 0 unspecified atom stereocenters. The summed E-state index contributed by atoms with van der Waals surface area (Å²) in [7, 11) is 1.95. The van der Waals surface area contributed by atoms with Crippen molar-refractivity contribution >= 4 is 10.9 Å². The Balaban J connectivity index is 2.16. The van der Waals surface area contributed by atoms with E-state index in [2.05, 4.69) is 68.5 Å². The van der Waals surface area contributed by atoms with E-state index in [0.717, 1.165) is 12.8 Å². The largest absolute Gasteiger partial charge is 0.661 e. The SMILES string of the molecule is C=C[C@]1(C)CC[C@@H](C(=C)C)[C@H](c2c[nH]c3ccccc23)[C@H]1[N-]C. The average molecular weight is 307 g/mol. The molecule has 1 aromatic heterocycles. The van der Waals surface area contributed by atoms with E-state index >= 15 is 0 Å². The molecule has 1 fully saturated rings. The Morgan fingerprint density at radius 2 is 2.13 bits per heavy atom. The summed E-state index contributed by atoms with van der Waals surface area (Å²) in [6.45, 7) is 12.9. The van der Waals surface area contributed by atoms with E-state index in [1.54, 1.807) is 0 Å². The molecule has 0 amide bonds. The van der Waals surface area contributed by atoms with E-state index in [1.165, 1.54) is 22.0 Å². The van der Waals surface area contributed by atoms with Crippen LogP contribution >= 0.6 is 0 Å². The number of aromatic nitrogens is 1. The summed E-state index contributed by atoms with van der Waals surface area (Å²) in [5, 5.41) is 6.13. The Labute approximate surface area is 139 Å². The van der Waals surface area contributed by atoms with Crippen LogP contribution in [0.4, 0.5) is 0 Å². The Bertz CT molecular complexity index is 726. The number of para-hydroxylation sites is 1. The van der Waals surface area contributed by atoms with Crippen LogP contribution in [0.25, 0.3) is 16.2 Å². The molecule has 2 aromatic rings. The number of H-pyrrole nitrogens is 1. The first-order valence-corrected chi connectivity index (χ1v) is 8.46. The zero-order valence-corrected chi connectivity index (χ0v) is 14.5. The Morgan fingerprint density at radius 1 is 1.39 bits per heavy atom. The second-order valence-corrected chi connectivity index (χ2v) is 7.22. The minimum atomic E-state index is 0.0454. The molecule has 0 bridgehead atoms. The fourth-order valence-corrected chi connectivity index (χ4v) is 4.41. The van der Waals surface area contributed by atoms with Crippen molar-refractivity contribution < 1.29 is 0 Å². The first kappa shape index (κ1) is 16.1. The lowest BCUT2D eigenvalue weighted by molar-refractivity contribution is 0.191. The second-order valence-electron chi connectivity index (χ2n) is 7.22. The van der Waals surface area contributed by atoms with Crippen LogP contribution in [-0.2, 0) is 0 Å². The maximum absolute atomic E-state index is 4.82. The molecule has 0 saturated heterocycles. The first-order chi connectivity index (χ1) is 11.0. The van der Waals surface area contributed by atoms with Crippen molar-refractivity contribution in [3.8, 4) is 0 Å². The Morgan fingerprint density at radius 3 is 2.78 bits per heavy atom. The average Bonchev–Trinajstić information content (AvgIpc) is 2.97. The van der Waals surface area contributed by atoms with Crippen molar-refractivity contribution in [2.24, 2.45) is 11.3 Å². The van der Waals surface area contributed by atoms with E-state index in [-0.39, 0.29) is 11.5 Å². The van der Waals surface area contributed by atoms with Gasteiger partial charge in [-0.1, -0.05) is 43.4 Å². The molecule has 23 heavy (non-hydrogen) atoms. The summed E-state index contributed by atoms with van der Waals surface area (Å²) in [5.74, 6) is 0.821. The van der Waals surface area contributed by atoms with E-state index in [9.17, 15) is 0 Å². The van der Waals surface area contributed by atoms with Gasteiger partial charge in [0.15, 0.2) is 0 Å². The number of benzene rings is 1. The number of fused-ring (bicyclic) bond motifs is 1. The summed E-state index contributed by atoms with van der Waals surface area (Å²) in [6.07, 6.45) is 6.56. The predicted octanol–water partition coefficient (Wildman–Crippen LogP) is 5.80. The van der Waals surface area contributed by atoms with E-state index in [1.807, 2.05) is 7.05 Å². The summed E-state index contributed by atoms with van der Waals surface area (Å²) >= 11 is 0. The molecule has 1 aliphatic carbocycles. The predicted molar refractivity (Wildman–Crippen MR) is 100.0 cm³/mol. The number of hydrogen-bond acceptors (Lipinski definition) is 0. The fraction of sp³-hybridized carbons (Fsp3) is 0.429. The molecule has 2 heteroatoms. The van der Waals surface area contributed by atoms with Gasteiger partial charge in [-0.05, 0) is 48.6 Å². The maximum atomic E-state index is 4.82. The number of allylic oxidation sites excluding steroid dienone is 1. The van der Waals surface area contributed by atoms with Crippen molar-refractivity contribution in [3.05, 3.63) is 66.1 Å². The van der Waals surface area contributed by atoms with Crippen LogP contribution in [0, 0.1) is 11.3 Å². The van der Waals surface area contributed by atoms with Gasteiger partial charge in [-0.15, -0.1) is 12.6 Å². The van der Waals surface area contributed by atoms with Gasteiger partial charge in [-0.3, -0.25) is 0 Å². The highest BCUT2D eigenvalue weighted by atomic mass is 14.9. The molecule has 4 atom stereocenters. The van der Waals surface area contributed by atoms with Gasteiger partial charge < -0.3 is 10.3 Å². The number of rotatable bonds is 4. The summed E-state index contributed by atoms with van der Waals surface area (Å²) in [6, 6.07) is 8.78. The lowest BCUT2D eigenvalue weighted by Crippen LogP contribution is -2.43. The topological polar surface area (TPSA) is 29.9 Å². The molecule has 0 spiro atoms. The number of likely N-dealkylation sites (N-methyl/N-ethyl adjacent to an activating group) is 1. The standard InChI is InChI=1S/C21H27N2/c1-6-21(4)12-11-15(14(2)3)19(20(21)22-5)17-13-23-18-10-8-7-9-16(17)18/h6-10,13,15,19-20,23H,1-2,11-12H2,3-5H3/q-1/t15-,19+,20+,21+/m0/s1. The molecule has 1 saturated carbocycles. The first-order valence-electron chi connectivity index (χ1n) is 8.46. The van der Waals surface area contributed by atoms with E-state index in [0.29, 0.717) is 11.8 Å². The van der Waals surface area contributed by atoms with Crippen molar-refractivity contribution in [2.45, 2.75) is 38.6 Å². The highest BCUT2D eigenvalue weighted by molar-refractivity contribution is 5.84. The Kier molecular flexibility index (Phi) is 4.20. The van der Waals surface area contributed by atoms with Gasteiger partial charge >= 0.3 is 0 Å². The number of aromatic amines is 1. The molecule has 1 aromatic carbocycles. The number of nitrogens with zero attached hydrogens (tertiary/aromatic N) is 1. The minimum absolute atomic E-state index is 0.0454. The smallest absolute Gasteiger partial charge is 0.0456 e. The quantitative estimate of drug-likeness (QED) is 0.692. The van der Waals surface area contributed by atoms with Crippen LogP contribution in [0.3, 0.4) is 0 Å².